The van der Waals surface area contributed by atoms with Gasteiger partial charge in [-0.25, -0.2) is 9.82 Å². The molecule has 1 aliphatic rings. The van der Waals surface area contributed by atoms with Gasteiger partial charge in [0.15, 0.2) is 11.6 Å². The maximum atomic E-state index is 13.7. The molecular weight excluding hydrogens is 307 g/mol. The Kier molecular flexibility index (Phi) is 3.76. The minimum Gasteiger partial charge on any atom is -0.454 e. The quantitative estimate of drug-likeness (QED) is 0.910. The van der Waals surface area contributed by atoms with Crippen molar-refractivity contribution in [3.8, 4) is 11.5 Å². The molecule has 4 nitrogen and oxygen atoms in total. The second kappa shape index (κ2) is 5.59. The first-order chi connectivity index (χ1) is 10.5. The molecule has 0 aliphatic carbocycles. The Labute approximate surface area is 132 Å². The second-order valence-electron chi connectivity index (χ2n) is 5.38. The summed E-state index contributed by atoms with van der Waals surface area (Å²) in [5.41, 5.74) is 6.04. The van der Waals surface area contributed by atoms with Crippen molar-refractivity contribution in [1.29, 1.82) is 0 Å². The smallest absolute Gasteiger partial charge is 0.236 e. The molecule has 0 spiro atoms. The van der Waals surface area contributed by atoms with Crippen molar-refractivity contribution in [1.82, 2.24) is 10.9 Å². The molecule has 1 saturated heterocycles. The van der Waals surface area contributed by atoms with Crippen molar-refractivity contribution in [3.05, 3.63) is 58.9 Å². The van der Waals surface area contributed by atoms with E-state index in [-0.39, 0.29) is 11.7 Å². The van der Waals surface area contributed by atoms with Crippen molar-refractivity contribution < 1.29 is 13.9 Å². The molecular formula is C16H14ClFN2O2. The Morgan fingerprint density at radius 3 is 2.55 bits per heavy atom. The largest absolute Gasteiger partial charge is 0.454 e. The van der Waals surface area contributed by atoms with Crippen LogP contribution in [0.4, 0.5) is 4.39 Å². The minimum atomic E-state index is -0.518. The molecule has 114 valence electrons. The molecule has 1 amide bonds. The van der Waals surface area contributed by atoms with Crippen molar-refractivity contribution in [2.75, 3.05) is 0 Å². The van der Waals surface area contributed by atoms with E-state index < -0.39 is 11.4 Å². The zero-order valence-electron chi connectivity index (χ0n) is 11.8. The van der Waals surface area contributed by atoms with Crippen LogP contribution in [0.5, 0.6) is 11.5 Å². The summed E-state index contributed by atoms with van der Waals surface area (Å²) in [6.45, 7) is 1.93. The van der Waals surface area contributed by atoms with Crippen LogP contribution in [-0.2, 0) is 10.3 Å². The highest BCUT2D eigenvalue weighted by atomic mass is 35.5. The summed E-state index contributed by atoms with van der Waals surface area (Å²) in [6.07, 6.45) is 0.360. The van der Waals surface area contributed by atoms with Gasteiger partial charge in [-0.3, -0.25) is 10.2 Å². The van der Waals surface area contributed by atoms with Crippen LogP contribution in [0.2, 0.25) is 5.02 Å². The molecule has 2 aromatic rings. The fraction of sp³-hybridized carbons (Fsp3) is 0.188. The van der Waals surface area contributed by atoms with Crippen molar-refractivity contribution in [2.45, 2.75) is 18.9 Å². The predicted octanol–water partition coefficient (Wildman–Crippen LogP) is 3.51. The number of hydrazine groups is 1. The molecule has 0 radical (unpaired) electrons. The van der Waals surface area contributed by atoms with Gasteiger partial charge >= 0.3 is 0 Å². The first-order valence-corrected chi connectivity index (χ1v) is 7.13. The zero-order valence-corrected chi connectivity index (χ0v) is 12.6. The summed E-state index contributed by atoms with van der Waals surface area (Å²) in [7, 11) is 0. The lowest BCUT2D eigenvalue weighted by Crippen LogP contribution is -2.38. The molecule has 6 heteroatoms. The minimum absolute atomic E-state index is 0.0499. The first kappa shape index (κ1) is 14.8. The highest BCUT2D eigenvalue weighted by Crippen LogP contribution is 2.31. The molecule has 0 bridgehead atoms. The molecule has 3 rings (SSSR count). The van der Waals surface area contributed by atoms with E-state index in [0.717, 1.165) is 5.56 Å². The standard InChI is InChI=1S/C16H14ClFN2O2/c1-16(9-15(21)19-20-16)10-2-5-12(6-3-10)22-14-7-4-11(17)8-13(14)18/h2-8,20H,9H2,1H3,(H,19,21). The third-order valence-electron chi connectivity index (χ3n) is 3.61. The average molecular weight is 321 g/mol. The highest BCUT2D eigenvalue weighted by molar-refractivity contribution is 6.30. The van der Waals surface area contributed by atoms with Gasteiger partial charge in [-0.1, -0.05) is 23.7 Å². The first-order valence-electron chi connectivity index (χ1n) is 6.76. The molecule has 2 aromatic carbocycles. The molecule has 1 aliphatic heterocycles. The summed E-state index contributed by atoms with van der Waals surface area (Å²) in [5.74, 6) is 0.0481. The van der Waals surface area contributed by atoms with E-state index in [2.05, 4.69) is 10.9 Å². The molecule has 2 N–H and O–H groups in total. The molecule has 1 heterocycles. The lowest BCUT2D eigenvalue weighted by atomic mass is 9.90. The van der Waals surface area contributed by atoms with Gasteiger partial charge in [0.25, 0.3) is 0 Å². The number of benzene rings is 2. The van der Waals surface area contributed by atoms with Gasteiger partial charge in [0.1, 0.15) is 5.75 Å². The van der Waals surface area contributed by atoms with Gasteiger partial charge in [0, 0.05) is 5.02 Å². The Bertz CT molecular complexity index is 721. The van der Waals surface area contributed by atoms with E-state index in [1.165, 1.54) is 12.1 Å². The summed E-state index contributed by atoms with van der Waals surface area (Å²) in [4.78, 5) is 11.4. The van der Waals surface area contributed by atoms with Crippen molar-refractivity contribution >= 4 is 17.5 Å². The predicted molar refractivity (Wildman–Crippen MR) is 81.2 cm³/mol. The number of rotatable bonds is 3. The number of halogens is 2. The third-order valence-corrected chi connectivity index (χ3v) is 3.84. The van der Waals surface area contributed by atoms with Crippen LogP contribution in [0.1, 0.15) is 18.9 Å². The molecule has 1 atom stereocenters. The van der Waals surface area contributed by atoms with Crippen LogP contribution in [0.25, 0.3) is 0 Å². The molecule has 0 aromatic heterocycles. The second-order valence-corrected chi connectivity index (χ2v) is 5.82. The number of amides is 1. The van der Waals surface area contributed by atoms with E-state index >= 15 is 0 Å². The highest BCUT2D eigenvalue weighted by Gasteiger charge is 2.35. The lowest BCUT2D eigenvalue weighted by molar-refractivity contribution is -0.119. The lowest BCUT2D eigenvalue weighted by Gasteiger charge is -2.22. The van der Waals surface area contributed by atoms with E-state index in [4.69, 9.17) is 16.3 Å². The van der Waals surface area contributed by atoms with Crippen LogP contribution in [0.3, 0.4) is 0 Å². The van der Waals surface area contributed by atoms with Crippen LogP contribution in [-0.4, -0.2) is 5.91 Å². The number of hydrogen-bond acceptors (Lipinski definition) is 3. The van der Waals surface area contributed by atoms with Gasteiger partial charge in [-0.2, -0.15) is 0 Å². The van der Waals surface area contributed by atoms with Crippen LogP contribution in [0.15, 0.2) is 42.5 Å². The van der Waals surface area contributed by atoms with Gasteiger partial charge in [-0.15, -0.1) is 0 Å². The molecule has 1 fully saturated rings. The number of carbonyl (C=O) groups is 1. The van der Waals surface area contributed by atoms with Crippen molar-refractivity contribution in [2.24, 2.45) is 0 Å². The summed E-state index contributed by atoms with van der Waals surface area (Å²) in [6, 6.07) is 11.4. The number of carbonyl (C=O) groups excluding carboxylic acids is 1. The van der Waals surface area contributed by atoms with E-state index in [0.29, 0.717) is 17.2 Å². The summed E-state index contributed by atoms with van der Waals surface area (Å²) >= 11 is 5.70. The summed E-state index contributed by atoms with van der Waals surface area (Å²) < 4.78 is 19.2. The Balaban J connectivity index is 1.78. The number of nitrogens with one attached hydrogen (secondary N) is 2. The maximum absolute atomic E-state index is 13.7. The number of hydrogen-bond donors (Lipinski definition) is 2. The Morgan fingerprint density at radius 1 is 1.23 bits per heavy atom. The van der Waals surface area contributed by atoms with E-state index in [9.17, 15) is 9.18 Å². The van der Waals surface area contributed by atoms with E-state index in [1.807, 2.05) is 19.1 Å². The van der Waals surface area contributed by atoms with E-state index in [1.54, 1.807) is 18.2 Å². The SMILES string of the molecule is CC1(c2ccc(Oc3ccc(Cl)cc3F)cc2)CC(=O)NN1. The fourth-order valence-electron chi connectivity index (χ4n) is 2.37. The summed E-state index contributed by atoms with van der Waals surface area (Å²) in [5, 5.41) is 0.317. The van der Waals surface area contributed by atoms with Gasteiger partial charge in [0.05, 0.1) is 12.0 Å². The third kappa shape index (κ3) is 2.91. The maximum Gasteiger partial charge on any atom is 0.236 e. The van der Waals surface area contributed by atoms with Gasteiger partial charge in [0.2, 0.25) is 5.91 Å². The van der Waals surface area contributed by atoms with Gasteiger partial charge < -0.3 is 4.74 Å². The zero-order chi connectivity index (χ0) is 15.7. The normalized spacial score (nSPS) is 20.8. The van der Waals surface area contributed by atoms with Crippen molar-refractivity contribution in [3.63, 3.8) is 0 Å². The van der Waals surface area contributed by atoms with Gasteiger partial charge in [-0.05, 0) is 42.8 Å². The number of ether oxygens (including phenoxy) is 1. The molecule has 1 unspecified atom stereocenters. The van der Waals surface area contributed by atoms with Crippen LogP contribution >= 0.6 is 11.6 Å². The monoisotopic (exact) mass is 320 g/mol. The molecule has 22 heavy (non-hydrogen) atoms. The fourth-order valence-corrected chi connectivity index (χ4v) is 2.53. The Morgan fingerprint density at radius 2 is 1.95 bits per heavy atom. The average Bonchev–Trinajstić information content (AvgIpc) is 2.83. The topological polar surface area (TPSA) is 50.4 Å². The van der Waals surface area contributed by atoms with Crippen LogP contribution < -0.4 is 15.6 Å². The molecule has 0 saturated carbocycles. The van der Waals surface area contributed by atoms with Crippen LogP contribution in [0, 0.1) is 5.82 Å². The Hall–Kier alpha value is -2.11.